The number of benzene rings is 3. The summed E-state index contributed by atoms with van der Waals surface area (Å²) in [5.41, 5.74) is 1.08. The summed E-state index contributed by atoms with van der Waals surface area (Å²) in [6.45, 7) is 2.21. The molecule has 0 aliphatic rings. The van der Waals surface area contributed by atoms with E-state index in [1.165, 1.54) is 0 Å². The van der Waals surface area contributed by atoms with Gasteiger partial charge in [0.2, 0.25) is 15.9 Å². The molecular weight excluding hydrogens is 528 g/mol. The smallest absolute Gasteiger partial charge is 0.296 e. The molecule has 202 valence electrons. The van der Waals surface area contributed by atoms with E-state index in [1.807, 2.05) is 37.3 Å². The van der Waals surface area contributed by atoms with Crippen molar-refractivity contribution in [2.24, 2.45) is 0 Å². The van der Waals surface area contributed by atoms with Crippen LogP contribution in [0.25, 0.3) is 11.5 Å². The highest BCUT2D eigenvalue weighted by molar-refractivity contribution is 7.89. The molecule has 4 rings (SSSR count). The van der Waals surface area contributed by atoms with E-state index in [4.69, 9.17) is 9.15 Å². The van der Waals surface area contributed by atoms with Gasteiger partial charge in [0, 0.05) is 24.6 Å². The van der Waals surface area contributed by atoms with Gasteiger partial charge >= 0.3 is 0 Å². The molecule has 0 fully saturated rings. The molecule has 0 atom stereocenters. The van der Waals surface area contributed by atoms with Gasteiger partial charge in [-0.1, -0.05) is 30.3 Å². The second-order valence-electron chi connectivity index (χ2n) is 8.44. The SMILES string of the molecule is Cc1oc(-c2ccccc2)nc1CCOc1ccc(CCNS(=O)(=O)c2ccc([N+](=O)[O-])cc2[N+](=O)[O-])cc1. The van der Waals surface area contributed by atoms with Crippen LogP contribution in [0, 0.1) is 27.2 Å². The molecule has 0 saturated carbocycles. The minimum atomic E-state index is -4.27. The number of sulfonamides is 1. The van der Waals surface area contributed by atoms with E-state index >= 15 is 0 Å². The van der Waals surface area contributed by atoms with E-state index in [-0.39, 0.29) is 6.54 Å². The number of rotatable bonds is 12. The molecule has 4 aromatic rings. The third-order valence-corrected chi connectivity index (χ3v) is 7.30. The molecule has 0 bridgehead atoms. The third kappa shape index (κ3) is 6.83. The highest BCUT2D eigenvalue weighted by atomic mass is 32.2. The lowest BCUT2D eigenvalue weighted by Gasteiger charge is -2.09. The monoisotopic (exact) mass is 552 g/mol. The summed E-state index contributed by atoms with van der Waals surface area (Å²) in [4.78, 5) is 24.3. The molecule has 13 heteroatoms. The maximum Gasteiger partial charge on any atom is 0.296 e. The van der Waals surface area contributed by atoms with Crippen LogP contribution in [0.3, 0.4) is 0 Å². The van der Waals surface area contributed by atoms with Crippen molar-refractivity contribution in [1.29, 1.82) is 0 Å². The predicted molar refractivity (Wildman–Crippen MR) is 141 cm³/mol. The van der Waals surface area contributed by atoms with E-state index in [9.17, 15) is 28.6 Å². The molecule has 0 saturated heterocycles. The Labute approximate surface area is 223 Å². The van der Waals surface area contributed by atoms with Crippen LogP contribution in [0.5, 0.6) is 5.75 Å². The quantitative estimate of drug-likeness (QED) is 0.195. The number of non-ortho nitro benzene ring substituents is 1. The van der Waals surface area contributed by atoms with E-state index < -0.39 is 36.1 Å². The molecule has 0 amide bonds. The second kappa shape index (κ2) is 11.8. The van der Waals surface area contributed by atoms with Crippen LogP contribution in [0.15, 0.2) is 82.1 Å². The number of nitrogens with zero attached hydrogens (tertiary/aromatic N) is 3. The molecule has 39 heavy (non-hydrogen) atoms. The van der Waals surface area contributed by atoms with Gasteiger partial charge in [0.1, 0.15) is 11.5 Å². The van der Waals surface area contributed by atoms with Crippen LogP contribution in [0.4, 0.5) is 11.4 Å². The fourth-order valence-electron chi connectivity index (χ4n) is 3.78. The van der Waals surface area contributed by atoms with Crippen LogP contribution in [-0.4, -0.2) is 36.4 Å². The van der Waals surface area contributed by atoms with E-state index in [0.717, 1.165) is 34.7 Å². The minimum absolute atomic E-state index is 0.0359. The summed E-state index contributed by atoms with van der Waals surface area (Å²) in [5.74, 6) is 1.92. The van der Waals surface area contributed by atoms with Gasteiger partial charge in [-0.25, -0.2) is 18.1 Å². The zero-order valence-corrected chi connectivity index (χ0v) is 21.6. The van der Waals surface area contributed by atoms with Crippen molar-refractivity contribution in [2.75, 3.05) is 13.2 Å². The zero-order chi connectivity index (χ0) is 28.0. The van der Waals surface area contributed by atoms with Gasteiger partial charge in [0.15, 0.2) is 4.90 Å². The van der Waals surface area contributed by atoms with E-state index in [0.29, 0.717) is 37.2 Å². The molecule has 1 N–H and O–H groups in total. The van der Waals surface area contributed by atoms with E-state index in [1.54, 1.807) is 24.3 Å². The molecule has 0 aliphatic carbocycles. The number of hydrogen-bond donors (Lipinski definition) is 1. The summed E-state index contributed by atoms with van der Waals surface area (Å²) in [5, 5.41) is 22.2. The Bertz CT molecular complexity index is 1590. The Kier molecular flexibility index (Phi) is 8.32. The first-order valence-corrected chi connectivity index (χ1v) is 13.3. The molecule has 0 unspecified atom stereocenters. The van der Waals surface area contributed by atoms with Crippen molar-refractivity contribution in [1.82, 2.24) is 9.71 Å². The van der Waals surface area contributed by atoms with Crippen LogP contribution in [0.1, 0.15) is 17.0 Å². The fraction of sp³-hybridized carbons (Fsp3) is 0.192. The molecule has 1 heterocycles. The topological polar surface area (TPSA) is 168 Å². The Balaban J connectivity index is 1.29. The maximum absolute atomic E-state index is 12.6. The molecule has 3 aromatic carbocycles. The van der Waals surface area contributed by atoms with Crippen LogP contribution in [0.2, 0.25) is 0 Å². The maximum atomic E-state index is 12.6. The fourth-order valence-corrected chi connectivity index (χ4v) is 4.96. The van der Waals surface area contributed by atoms with Gasteiger partial charge in [-0.05, 0) is 49.2 Å². The van der Waals surface area contributed by atoms with Crippen LogP contribution >= 0.6 is 0 Å². The number of nitro groups is 2. The highest BCUT2D eigenvalue weighted by Gasteiger charge is 2.28. The Morgan fingerprint density at radius 3 is 2.33 bits per heavy atom. The molecule has 12 nitrogen and oxygen atoms in total. The zero-order valence-electron chi connectivity index (χ0n) is 20.8. The molecular formula is C26H24N4O8S. The predicted octanol–water partition coefficient (Wildman–Crippen LogP) is 4.61. The van der Waals surface area contributed by atoms with Crippen molar-refractivity contribution in [3.8, 4) is 17.2 Å². The number of ether oxygens (including phenoxy) is 1. The molecule has 1 aromatic heterocycles. The lowest BCUT2D eigenvalue weighted by molar-refractivity contribution is -0.396. The van der Waals surface area contributed by atoms with Crippen molar-refractivity contribution >= 4 is 21.4 Å². The number of nitro benzene ring substituents is 2. The molecule has 0 radical (unpaired) electrons. The van der Waals surface area contributed by atoms with Gasteiger partial charge in [0.25, 0.3) is 11.4 Å². The number of aryl methyl sites for hydroxylation is 1. The first-order valence-electron chi connectivity index (χ1n) is 11.8. The highest BCUT2D eigenvalue weighted by Crippen LogP contribution is 2.28. The molecule has 0 aliphatic heterocycles. The first kappa shape index (κ1) is 27.4. The van der Waals surface area contributed by atoms with Crippen molar-refractivity contribution < 1.29 is 27.4 Å². The first-order chi connectivity index (χ1) is 18.6. The van der Waals surface area contributed by atoms with Gasteiger partial charge < -0.3 is 9.15 Å². The summed E-state index contributed by atoms with van der Waals surface area (Å²) >= 11 is 0. The van der Waals surface area contributed by atoms with Gasteiger partial charge in [0.05, 0.1) is 28.2 Å². The largest absolute Gasteiger partial charge is 0.493 e. The van der Waals surface area contributed by atoms with Gasteiger partial charge in [-0.2, -0.15) is 0 Å². The summed E-state index contributed by atoms with van der Waals surface area (Å²) in [6, 6.07) is 19.1. The lowest BCUT2D eigenvalue weighted by atomic mass is 10.1. The number of hydrogen-bond acceptors (Lipinski definition) is 9. The Morgan fingerprint density at radius 2 is 1.67 bits per heavy atom. The summed E-state index contributed by atoms with van der Waals surface area (Å²) in [7, 11) is -4.27. The second-order valence-corrected chi connectivity index (χ2v) is 10.2. The van der Waals surface area contributed by atoms with Crippen LogP contribution in [-0.2, 0) is 22.9 Å². The average molecular weight is 553 g/mol. The van der Waals surface area contributed by atoms with Crippen LogP contribution < -0.4 is 9.46 Å². The van der Waals surface area contributed by atoms with Crippen molar-refractivity contribution in [3.63, 3.8) is 0 Å². The number of oxazole rings is 1. The lowest BCUT2D eigenvalue weighted by Crippen LogP contribution is -2.26. The molecule has 0 spiro atoms. The summed E-state index contributed by atoms with van der Waals surface area (Å²) < 4.78 is 39.1. The third-order valence-electron chi connectivity index (χ3n) is 5.79. The van der Waals surface area contributed by atoms with Gasteiger partial charge in [-0.15, -0.1) is 0 Å². The minimum Gasteiger partial charge on any atom is -0.493 e. The van der Waals surface area contributed by atoms with Crippen molar-refractivity contribution in [2.45, 2.75) is 24.7 Å². The standard InChI is InChI=1S/C26H24N4O8S/c1-18-23(28-26(38-18)20-5-3-2-4-6-20)14-16-37-22-10-7-19(8-11-22)13-15-27-39(35,36)25-12-9-21(29(31)32)17-24(25)30(33)34/h2-12,17,27H,13-16H2,1H3. The number of nitrogens with one attached hydrogen (secondary N) is 1. The normalized spacial score (nSPS) is 11.3. The summed E-state index contributed by atoms with van der Waals surface area (Å²) in [6.07, 6.45) is 0.862. The van der Waals surface area contributed by atoms with Gasteiger partial charge in [-0.3, -0.25) is 20.2 Å². The Morgan fingerprint density at radius 1 is 0.949 bits per heavy atom. The Hall–Kier alpha value is -4.62. The number of aromatic nitrogens is 1. The average Bonchev–Trinajstić information content (AvgIpc) is 3.29. The van der Waals surface area contributed by atoms with E-state index in [2.05, 4.69) is 9.71 Å². The van der Waals surface area contributed by atoms with Crippen molar-refractivity contribution in [3.05, 3.63) is 110 Å².